The molecule has 0 saturated heterocycles. The molecule has 142 valence electrons. The number of hydrogen-bond donors (Lipinski definition) is 0. The first-order valence-electron chi connectivity index (χ1n) is 8.80. The largest absolute Gasteiger partial charge is 0.496 e. The standard InChI is InChI=1S/C23H18Br2O2S/c1-13-10-16-12-17(24)8-9-19(16)20(22(13)27-3)21-18-7-5-4-6-15(18)11-14(2)23(21)28(25)26/h4-12H,1-3H3. The molecule has 0 saturated carbocycles. The third-order valence-electron chi connectivity index (χ3n) is 5.04. The van der Waals surface area contributed by atoms with E-state index in [9.17, 15) is 4.21 Å². The van der Waals surface area contributed by atoms with E-state index in [2.05, 4.69) is 67.1 Å². The summed E-state index contributed by atoms with van der Waals surface area (Å²) in [6.45, 7) is 4.05. The van der Waals surface area contributed by atoms with Gasteiger partial charge in [-0.05, 0) is 64.7 Å². The first kappa shape index (κ1) is 19.6. The molecule has 0 radical (unpaired) electrons. The molecular formula is C23H18Br2O2S. The van der Waals surface area contributed by atoms with Crippen LogP contribution in [0.3, 0.4) is 0 Å². The fourth-order valence-electron chi connectivity index (χ4n) is 3.93. The molecule has 0 N–H and O–H groups in total. The molecule has 4 rings (SSSR count). The molecule has 2 nitrogen and oxygen atoms in total. The van der Waals surface area contributed by atoms with Crippen LogP contribution in [0.15, 0.2) is 64.0 Å². The molecular weight excluding hydrogens is 500 g/mol. The summed E-state index contributed by atoms with van der Waals surface area (Å²) < 4.78 is 19.6. The van der Waals surface area contributed by atoms with Gasteiger partial charge in [-0.1, -0.05) is 52.3 Å². The molecule has 0 aromatic heterocycles. The topological polar surface area (TPSA) is 26.3 Å². The summed E-state index contributed by atoms with van der Waals surface area (Å²) in [4.78, 5) is 0.784. The van der Waals surface area contributed by atoms with Crippen molar-refractivity contribution in [3.63, 3.8) is 0 Å². The number of ether oxygens (including phenoxy) is 1. The van der Waals surface area contributed by atoms with Crippen molar-refractivity contribution in [3.05, 3.63) is 70.2 Å². The van der Waals surface area contributed by atoms with Crippen LogP contribution in [0.1, 0.15) is 11.1 Å². The Hall–Kier alpha value is -1.69. The normalized spacial score (nSPS) is 12.5. The summed E-state index contributed by atoms with van der Waals surface area (Å²) in [5.74, 6) is 0.810. The fourth-order valence-corrected chi connectivity index (χ4v) is 6.25. The Labute approximate surface area is 182 Å². The number of rotatable bonds is 3. The van der Waals surface area contributed by atoms with Crippen LogP contribution < -0.4 is 4.74 Å². The van der Waals surface area contributed by atoms with E-state index in [1.54, 1.807) is 7.11 Å². The molecule has 1 atom stereocenters. The van der Waals surface area contributed by atoms with Gasteiger partial charge in [-0.15, -0.1) is 0 Å². The van der Waals surface area contributed by atoms with E-state index in [0.29, 0.717) is 0 Å². The van der Waals surface area contributed by atoms with Crippen molar-refractivity contribution < 1.29 is 8.95 Å². The van der Waals surface area contributed by atoms with Gasteiger partial charge in [0.15, 0.2) is 0 Å². The average molecular weight is 518 g/mol. The molecule has 0 spiro atoms. The van der Waals surface area contributed by atoms with Crippen LogP contribution in [0.2, 0.25) is 0 Å². The Balaban J connectivity index is 2.30. The van der Waals surface area contributed by atoms with Crippen molar-refractivity contribution in [1.29, 1.82) is 0 Å². The van der Waals surface area contributed by atoms with Crippen LogP contribution in [-0.2, 0) is 9.23 Å². The monoisotopic (exact) mass is 516 g/mol. The quantitative estimate of drug-likeness (QED) is 0.263. The smallest absolute Gasteiger partial charge is 0.130 e. The third-order valence-corrected chi connectivity index (χ3v) is 7.35. The summed E-state index contributed by atoms with van der Waals surface area (Å²) >= 11 is 6.91. The van der Waals surface area contributed by atoms with Crippen molar-refractivity contribution in [3.8, 4) is 16.9 Å². The number of halogens is 2. The Kier molecular flexibility index (Phi) is 5.34. The van der Waals surface area contributed by atoms with E-state index in [1.165, 1.54) is 0 Å². The van der Waals surface area contributed by atoms with Gasteiger partial charge in [0.25, 0.3) is 0 Å². The first-order chi connectivity index (χ1) is 13.4. The van der Waals surface area contributed by atoms with Crippen molar-refractivity contribution in [2.75, 3.05) is 7.11 Å². The molecule has 0 aliphatic carbocycles. The van der Waals surface area contributed by atoms with E-state index >= 15 is 0 Å². The van der Waals surface area contributed by atoms with Crippen LogP contribution in [0.4, 0.5) is 0 Å². The Bertz CT molecular complexity index is 1260. The Morgan fingerprint density at radius 2 is 1.54 bits per heavy atom. The highest BCUT2D eigenvalue weighted by molar-refractivity contribution is 9.46. The molecule has 5 heteroatoms. The van der Waals surface area contributed by atoms with Gasteiger partial charge in [-0.25, -0.2) is 4.21 Å². The molecule has 1 unspecified atom stereocenters. The summed E-state index contributed by atoms with van der Waals surface area (Å²) in [7, 11) is 0.369. The molecule has 0 amide bonds. The number of methoxy groups -OCH3 is 1. The van der Waals surface area contributed by atoms with Crippen molar-refractivity contribution >= 4 is 61.5 Å². The minimum atomic E-state index is -1.33. The lowest BCUT2D eigenvalue weighted by Crippen LogP contribution is -1.99. The number of fused-ring (bicyclic) bond motifs is 2. The predicted molar refractivity (Wildman–Crippen MR) is 126 cm³/mol. The van der Waals surface area contributed by atoms with Crippen LogP contribution in [0, 0.1) is 13.8 Å². The highest BCUT2D eigenvalue weighted by Crippen LogP contribution is 2.46. The number of aryl methyl sites for hydroxylation is 2. The van der Waals surface area contributed by atoms with Crippen molar-refractivity contribution in [1.82, 2.24) is 0 Å². The van der Waals surface area contributed by atoms with E-state index in [0.717, 1.165) is 58.9 Å². The first-order valence-corrected chi connectivity index (χ1v) is 12.6. The second kappa shape index (κ2) is 7.62. The molecule has 4 aromatic rings. The zero-order chi connectivity index (χ0) is 20.0. The van der Waals surface area contributed by atoms with Crippen LogP contribution in [0.5, 0.6) is 5.75 Å². The van der Waals surface area contributed by atoms with Crippen molar-refractivity contribution in [2.45, 2.75) is 18.7 Å². The minimum Gasteiger partial charge on any atom is -0.496 e. The second-order valence-corrected chi connectivity index (χ2v) is 10.3. The lowest BCUT2D eigenvalue weighted by atomic mass is 9.90. The Morgan fingerprint density at radius 3 is 2.25 bits per heavy atom. The predicted octanol–water partition coefficient (Wildman–Crippen LogP) is 7.47. The third kappa shape index (κ3) is 3.19. The highest BCUT2D eigenvalue weighted by Gasteiger charge is 2.23. The Morgan fingerprint density at radius 1 is 0.857 bits per heavy atom. The average Bonchev–Trinajstić information content (AvgIpc) is 2.65. The van der Waals surface area contributed by atoms with E-state index in [4.69, 9.17) is 4.74 Å². The molecule has 0 bridgehead atoms. The van der Waals surface area contributed by atoms with Gasteiger partial charge in [-0.3, -0.25) is 0 Å². The van der Waals surface area contributed by atoms with Gasteiger partial charge >= 0.3 is 0 Å². The van der Waals surface area contributed by atoms with E-state index in [-0.39, 0.29) is 0 Å². The molecule has 0 heterocycles. The maximum Gasteiger partial charge on any atom is 0.130 e. The summed E-state index contributed by atoms with van der Waals surface area (Å²) in [5, 5.41) is 4.36. The molecule has 0 aliphatic heterocycles. The maximum atomic E-state index is 12.8. The van der Waals surface area contributed by atoms with E-state index < -0.39 is 9.23 Å². The zero-order valence-corrected chi connectivity index (χ0v) is 19.7. The summed E-state index contributed by atoms with van der Waals surface area (Å²) in [6, 6.07) is 18.7. The second-order valence-electron chi connectivity index (χ2n) is 6.81. The molecule has 28 heavy (non-hydrogen) atoms. The lowest BCUT2D eigenvalue weighted by Gasteiger charge is -2.20. The SMILES string of the molecule is COc1c(C)cc2cc(Br)ccc2c1-c1c(S(=O)Br)c(C)cc2ccccc12. The molecule has 4 aromatic carbocycles. The lowest BCUT2D eigenvalue weighted by molar-refractivity contribution is 0.414. The van der Waals surface area contributed by atoms with Gasteiger partial charge in [0, 0.05) is 30.4 Å². The molecule has 0 fully saturated rings. The number of hydrogen-bond acceptors (Lipinski definition) is 2. The van der Waals surface area contributed by atoms with Gasteiger partial charge in [-0.2, -0.15) is 0 Å². The van der Waals surface area contributed by atoms with Crippen LogP contribution in [0.25, 0.3) is 32.7 Å². The van der Waals surface area contributed by atoms with Gasteiger partial charge in [0.05, 0.1) is 12.0 Å². The van der Waals surface area contributed by atoms with Gasteiger partial charge in [0.1, 0.15) is 15.0 Å². The van der Waals surface area contributed by atoms with Crippen molar-refractivity contribution in [2.24, 2.45) is 0 Å². The summed E-state index contributed by atoms with van der Waals surface area (Å²) in [5.41, 5.74) is 3.96. The fraction of sp³-hybridized carbons (Fsp3) is 0.130. The minimum absolute atomic E-state index is 0.784. The summed E-state index contributed by atoms with van der Waals surface area (Å²) in [6.07, 6.45) is 0. The van der Waals surface area contributed by atoms with Crippen LogP contribution in [-0.4, -0.2) is 11.3 Å². The van der Waals surface area contributed by atoms with Crippen LogP contribution >= 0.6 is 30.7 Å². The van der Waals surface area contributed by atoms with E-state index in [1.807, 2.05) is 32.0 Å². The highest BCUT2D eigenvalue weighted by atomic mass is 79.9. The maximum absolute atomic E-state index is 12.8. The molecule has 0 aliphatic rings. The number of benzene rings is 4. The zero-order valence-electron chi connectivity index (χ0n) is 15.7. The van der Waals surface area contributed by atoms with Gasteiger partial charge in [0.2, 0.25) is 0 Å². The van der Waals surface area contributed by atoms with Gasteiger partial charge < -0.3 is 4.74 Å².